The second kappa shape index (κ2) is 8.07. The van der Waals surface area contributed by atoms with Crippen LogP contribution in [-0.2, 0) is 16.1 Å². The van der Waals surface area contributed by atoms with Crippen molar-refractivity contribution >= 4 is 11.6 Å². The van der Waals surface area contributed by atoms with Gasteiger partial charge in [0.25, 0.3) is 5.56 Å². The minimum Gasteiger partial charge on any atom is -0.378 e. The Balaban J connectivity index is 1.62. The van der Waals surface area contributed by atoms with E-state index in [1.807, 2.05) is 0 Å². The SMILES string of the molecule is O=C(CCC1CCCO1)Nc1cccn(Cc2ccc(F)cc2)c1=O. The molecular weight excluding hydrogens is 323 g/mol. The van der Waals surface area contributed by atoms with Crippen molar-refractivity contribution in [2.24, 2.45) is 0 Å². The summed E-state index contributed by atoms with van der Waals surface area (Å²) in [4.78, 5) is 24.6. The summed E-state index contributed by atoms with van der Waals surface area (Å²) in [5, 5.41) is 2.68. The molecule has 2 aromatic rings. The van der Waals surface area contributed by atoms with Gasteiger partial charge in [-0.2, -0.15) is 0 Å². The maximum absolute atomic E-state index is 13.0. The van der Waals surface area contributed by atoms with Gasteiger partial charge in [-0.05, 0) is 49.1 Å². The molecule has 5 nitrogen and oxygen atoms in total. The van der Waals surface area contributed by atoms with Crippen LogP contribution in [0.4, 0.5) is 10.1 Å². The standard InChI is InChI=1S/C19H21FN2O3/c20-15-7-5-14(6-8-15)13-22-11-1-4-17(19(22)24)21-18(23)10-9-16-3-2-12-25-16/h1,4-8,11,16H,2-3,9-10,12-13H2,(H,21,23). The van der Waals surface area contributed by atoms with Gasteiger partial charge in [-0.1, -0.05) is 12.1 Å². The van der Waals surface area contributed by atoms with E-state index in [0.717, 1.165) is 25.0 Å². The van der Waals surface area contributed by atoms with Crippen LogP contribution in [-0.4, -0.2) is 23.2 Å². The fourth-order valence-corrected chi connectivity index (χ4v) is 2.92. The fraction of sp³-hybridized carbons (Fsp3) is 0.368. The molecule has 0 bridgehead atoms. The van der Waals surface area contributed by atoms with Crippen LogP contribution in [0.1, 0.15) is 31.2 Å². The quantitative estimate of drug-likeness (QED) is 0.876. The van der Waals surface area contributed by atoms with Gasteiger partial charge in [0.05, 0.1) is 12.6 Å². The highest BCUT2D eigenvalue weighted by molar-refractivity contribution is 5.90. The molecule has 0 radical (unpaired) electrons. The first kappa shape index (κ1) is 17.4. The van der Waals surface area contributed by atoms with Crippen LogP contribution < -0.4 is 10.9 Å². The van der Waals surface area contributed by atoms with Crippen LogP contribution in [0.25, 0.3) is 0 Å². The Morgan fingerprint density at radius 3 is 2.80 bits per heavy atom. The van der Waals surface area contributed by atoms with Crippen LogP contribution in [0.5, 0.6) is 0 Å². The van der Waals surface area contributed by atoms with Crippen molar-refractivity contribution in [3.63, 3.8) is 0 Å². The molecule has 1 fully saturated rings. The Kier molecular flexibility index (Phi) is 5.60. The van der Waals surface area contributed by atoms with Crippen molar-refractivity contribution in [1.29, 1.82) is 0 Å². The lowest BCUT2D eigenvalue weighted by atomic mass is 10.1. The van der Waals surface area contributed by atoms with Gasteiger partial charge >= 0.3 is 0 Å². The summed E-state index contributed by atoms with van der Waals surface area (Å²) in [6.45, 7) is 1.08. The van der Waals surface area contributed by atoms with Gasteiger partial charge in [-0.25, -0.2) is 4.39 Å². The number of nitrogens with zero attached hydrogens (tertiary/aromatic N) is 1. The Hall–Kier alpha value is -2.47. The Bertz CT molecular complexity index is 780. The number of ether oxygens (including phenoxy) is 1. The Morgan fingerprint density at radius 1 is 1.28 bits per heavy atom. The molecule has 1 aromatic heterocycles. The predicted octanol–water partition coefficient (Wildman–Crippen LogP) is 2.93. The largest absolute Gasteiger partial charge is 0.378 e. The molecule has 2 heterocycles. The van der Waals surface area contributed by atoms with Crippen molar-refractivity contribution in [2.45, 2.75) is 38.3 Å². The molecular formula is C19H21FN2O3. The van der Waals surface area contributed by atoms with Crippen LogP contribution in [0, 0.1) is 5.82 Å². The first-order chi connectivity index (χ1) is 12.1. The number of hydrogen-bond donors (Lipinski definition) is 1. The summed E-state index contributed by atoms with van der Waals surface area (Å²) in [5.41, 5.74) is 0.782. The van der Waals surface area contributed by atoms with Crippen molar-refractivity contribution in [2.75, 3.05) is 11.9 Å². The zero-order chi connectivity index (χ0) is 17.6. The number of rotatable bonds is 6. The minimum atomic E-state index is -0.316. The summed E-state index contributed by atoms with van der Waals surface area (Å²) >= 11 is 0. The number of benzene rings is 1. The molecule has 1 aliphatic heterocycles. The predicted molar refractivity (Wildman–Crippen MR) is 93.0 cm³/mol. The molecule has 132 valence electrons. The van der Waals surface area contributed by atoms with Crippen LogP contribution in [0.2, 0.25) is 0 Å². The lowest BCUT2D eigenvalue weighted by molar-refractivity contribution is -0.116. The molecule has 1 aliphatic rings. The first-order valence-electron chi connectivity index (χ1n) is 8.47. The number of nitrogens with one attached hydrogen (secondary N) is 1. The molecule has 1 amide bonds. The van der Waals surface area contributed by atoms with Crippen molar-refractivity contribution in [3.8, 4) is 0 Å². The molecule has 1 atom stereocenters. The molecule has 1 saturated heterocycles. The summed E-state index contributed by atoms with van der Waals surface area (Å²) in [6.07, 6.45) is 4.83. The van der Waals surface area contributed by atoms with Crippen LogP contribution in [0.15, 0.2) is 47.4 Å². The monoisotopic (exact) mass is 344 g/mol. The molecule has 0 spiro atoms. The Morgan fingerprint density at radius 2 is 2.08 bits per heavy atom. The van der Waals surface area contributed by atoms with Crippen LogP contribution >= 0.6 is 0 Å². The second-order valence-electron chi connectivity index (χ2n) is 6.20. The van der Waals surface area contributed by atoms with E-state index in [0.29, 0.717) is 19.4 Å². The fourth-order valence-electron chi connectivity index (χ4n) is 2.92. The molecule has 1 N–H and O–H groups in total. The number of amides is 1. The molecule has 0 saturated carbocycles. The van der Waals surface area contributed by atoms with E-state index < -0.39 is 0 Å². The summed E-state index contributed by atoms with van der Waals surface area (Å²) in [7, 11) is 0. The first-order valence-corrected chi connectivity index (χ1v) is 8.47. The van der Waals surface area contributed by atoms with E-state index in [9.17, 15) is 14.0 Å². The molecule has 0 aliphatic carbocycles. The topological polar surface area (TPSA) is 60.3 Å². The third-order valence-corrected chi connectivity index (χ3v) is 4.28. The molecule has 3 rings (SSSR count). The van der Waals surface area contributed by atoms with Gasteiger partial charge in [0.2, 0.25) is 5.91 Å². The zero-order valence-corrected chi connectivity index (χ0v) is 13.9. The van der Waals surface area contributed by atoms with Crippen LogP contribution in [0.3, 0.4) is 0 Å². The average molecular weight is 344 g/mol. The Labute approximate surface area is 145 Å². The number of aromatic nitrogens is 1. The highest BCUT2D eigenvalue weighted by atomic mass is 19.1. The number of hydrogen-bond acceptors (Lipinski definition) is 3. The maximum atomic E-state index is 13.0. The number of carbonyl (C=O) groups is 1. The molecule has 6 heteroatoms. The van der Waals surface area contributed by atoms with Gasteiger partial charge in [0.1, 0.15) is 11.5 Å². The summed E-state index contributed by atoms with van der Waals surface area (Å²) in [5.74, 6) is -0.504. The number of pyridine rings is 1. The molecule has 1 aromatic carbocycles. The third kappa shape index (κ3) is 4.76. The minimum absolute atomic E-state index is 0.150. The summed E-state index contributed by atoms with van der Waals surface area (Å²) in [6, 6.07) is 9.28. The van der Waals surface area contributed by atoms with E-state index in [2.05, 4.69) is 5.32 Å². The van der Waals surface area contributed by atoms with Gasteiger partial charge in [0.15, 0.2) is 0 Å². The second-order valence-corrected chi connectivity index (χ2v) is 6.20. The van der Waals surface area contributed by atoms with Gasteiger partial charge in [0, 0.05) is 19.2 Å². The lowest BCUT2D eigenvalue weighted by Crippen LogP contribution is -2.26. The van der Waals surface area contributed by atoms with Gasteiger partial charge in [-0.15, -0.1) is 0 Å². The highest BCUT2D eigenvalue weighted by Gasteiger charge is 2.17. The number of anilines is 1. The smallest absolute Gasteiger partial charge is 0.274 e. The van der Waals surface area contributed by atoms with E-state index in [1.165, 1.54) is 16.7 Å². The van der Waals surface area contributed by atoms with E-state index >= 15 is 0 Å². The van der Waals surface area contributed by atoms with Crippen molar-refractivity contribution in [3.05, 3.63) is 64.3 Å². The number of carbonyl (C=O) groups excluding carboxylic acids is 1. The molecule has 25 heavy (non-hydrogen) atoms. The van der Waals surface area contributed by atoms with E-state index in [1.54, 1.807) is 30.5 Å². The third-order valence-electron chi connectivity index (χ3n) is 4.28. The zero-order valence-electron chi connectivity index (χ0n) is 13.9. The average Bonchev–Trinajstić information content (AvgIpc) is 3.12. The normalized spacial score (nSPS) is 16.8. The maximum Gasteiger partial charge on any atom is 0.274 e. The van der Waals surface area contributed by atoms with E-state index in [4.69, 9.17) is 4.74 Å². The summed E-state index contributed by atoms with van der Waals surface area (Å²) < 4.78 is 20.0. The highest BCUT2D eigenvalue weighted by Crippen LogP contribution is 2.17. The molecule has 1 unspecified atom stereocenters. The van der Waals surface area contributed by atoms with Gasteiger partial charge in [-0.3, -0.25) is 9.59 Å². The van der Waals surface area contributed by atoms with Gasteiger partial charge < -0.3 is 14.6 Å². The van der Waals surface area contributed by atoms with Crippen molar-refractivity contribution in [1.82, 2.24) is 4.57 Å². The van der Waals surface area contributed by atoms with E-state index in [-0.39, 0.29) is 29.1 Å². The van der Waals surface area contributed by atoms with Crippen molar-refractivity contribution < 1.29 is 13.9 Å². The lowest BCUT2D eigenvalue weighted by Gasteiger charge is -2.11. The number of halogens is 1.